The lowest BCUT2D eigenvalue weighted by atomic mass is 9.87. The van der Waals surface area contributed by atoms with Crippen molar-refractivity contribution in [2.75, 3.05) is 0 Å². The van der Waals surface area contributed by atoms with E-state index in [1.54, 1.807) is 11.3 Å². The Hall–Kier alpha value is -2.26. The highest BCUT2D eigenvalue weighted by atomic mass is 32.1. The Bertz CT molecular complexity index is 1220. The van der Waals surface area contributed by atoms with Crippen molar-refractivity contribution in [2.45, 2.75) is 78.6 Å². The molecule has 0 aliphatic heterocycles. The van der Waals surface area contributed by atoms with E-state index in [9.17, 15) is 0 Å². The van der Waals surface area contributed by atoms with E-state index in [-0.39, 0.29) is 0 Å². The Balaban J connectivity index is 1.76. The van der Waals surface area contributed by atoms with Gasteiger partial charge in [-0.15, -0.1) is 11.3 Å². The maximum absolute atomic E-state index is 5.10. The number of pyridine rings is 2. The largest absolute Gasteiger partial charge is 0.260 e. The van der Waals surface area contributed by atoms with E-state index >= 15 is 0 Å². The summed E-state index contributed by atoms with van der Waals surface area (Å²) in [6.45, 7) is 15.9. The zero-order valence-electron chi connectivity index (χ0n) is 19.9. The number of nitrogens with zero attached hydrogens (tertiary/aromatic N) is 2. The summed E-state index contributed by atoms with van der Waals surface area (Å²) in [5.74, 6) is 1.73. The normalized spacial score (nSPS) is 13.2. The van der Waals surface area contributed by atoms with Gasteiger partial charge >= 0.3 is 0 Å². The van der Waals surface area contributed by atoms with Gasteiger partial charge in [0.1, 0.15) is 0 Å². The summed E-state index contributed by atoms with van der Waals surface area (Å²) in [5.41, 5.74) is 7.79. The van der Waals surface area contributed by atoms with E-state index in [2.05, 4.69) is 84.2 Å². The molecule has 4 aromatic rings. The standard InChI is InChI=1S/C28H34N2S/c1-16(2)22-14-25-24(10-11-31-25)30-28(22)19(7)12-20-8-9-21-15-29-27(18(5)6)26(17(3)4)23(21)13-20/h8-11,13-19H,12H2,1-7H3. The molecule has 0 saturated carbocycles. The van der Waals surface area contributed by atoms with Crippen LogP contribution in [-0.2, 0) is 6.42 Å². The Morgan fingerprint density at radius 3 is 2.29 bits per heavy atom. The van der Waals surface area contributed by atoms with Crippen LogP contribution in [0.3, 0.4) is 0 Å². The molecule has 0 saturated heterocycles. The summed E-state index contributed by atoms with van der Waals surface area (Å²) in [6.07, 6.45) is 3.04. The van der Waals surface area contributed by atoms with Crippen molar-refractivity contribution in [2.24, 2.45) is 0 Å². The van der Waals surface area contributed by atoms with Crippen LogP contribution in [0.1, 0.15) is 100 Å². The summed E-state index contributed by atoms with van der Waals surface area (Å²) in [5, 5.41) is 4.75. The number of rotatable bonds is 6. The van der Waals surface area contributed by atoms with Crippen molar-refractivity contribution in [3.8, 4) is 0 Å². The van der Waals surface area contributed by atoms with E-state index < -0.39 is 0 Å². The van der Waals surface area contributed by atoms with Crippen LogP contribution in [0.5, 0.6) is 0 Å². The minimum Gasteiger partial charge on any atom is -0.260 e. The van der Waals surface area contributed by atoms with E-state index in [4.69, 9.17) is 9.97 Å². The summed E-state index contributed by atoms with van der Waals surface area (Å²) < 4.78 is 1.29. The van der Waals surface area contributed by atoms with Gasteiger partial charge in [0, 0.05) is 28.9 Å². The average Bonchev–Trinajstić information content (AvgIpc) is 3.19. The van der Waals surface area contributed by atoms with Crippen molar-refractivity contribution in [1.29, 1.82) is 0 Å². The molecule has 1 atom stereocenters. The van der Waals surface area contributed by atoms with E-state index in [1.807, 2.05) is 6.20 Å². The number of aromatic nitrogens is 2. The van der Waals surface area contributed by atoms with Crippen molar-refractivity contribution < 1.29 is 0 Å². The van der Waals surface area contributed by atoms with E-state index in [0.717, 1.165) is 11.9 Å². The van der Waals surface area contributed by atoms with Crippen LogP contribution in [0, 0.1) is 0 Å². The van der Waals surface area contributed by atoms with Gasteiger partial charge < -0.3 is 0 Å². The molecule has 0 radical (unpaired) electrons. The Morgan fingerprint density at radius 2 is 1.61 bits per heavy atom. The number of fused-ring (bicyclic) bond motifs is 2. The summed E-state index contributed by atoms with van der Waals surface area (Å²) in [7, 11) is 0. The van der Waals surface area contributed by atoms with Gasteiger partial charge in [0.25, 0.3) is 0 Å². The summed E-state index contributed by atoms with van der Waals surface area (Å²) in [4.78, 5) is 9.91. The Kier molecular flexibility index (Phi) is 6.16. The molecule has 0 N–H and O–H groups in total. The highest BCUT2D eigenvalue weighted by Gasteiger charge is 2.19. The molecule has 1 unspecified atom stereocenters. The molecule has 0 amide bonds. The highest BCUT2D eigenvalue weighted by molar-refractivity contribution is 7.17. The van der Waals surface area contributed by atoms with Crippen molar-refractivity contribution >= 4 is 32.3 Å². The van der Waals surface area contributed by atoms with Gasteiger partial charge in [0.15, 0.2) is 0 Å². The Morgan fingerprint density at radius 1 is 0.839 bits per heavy atom. The molecule has 0 fully saturated rings. The van der Waals surface area contributed by atoms with Crippen LogP contribution in [0.2, 0.25) is 0 Å². The van der Waals surface area contributed by atoms with Gasteiger partial charge in [-0.05, 0) is 63.8 Å². The fourth-order valence-corrected chi connectivity index (χ4v) is 5.49. The van der Waals surface area contributed by atoms with Crippen LogP contribution in [-0.4, -0.2) is 9.97 Å². The topological polar surface area (TPSA) is 25.8 Å². The number of hydrogen-bond donors (Lipinski definition) is 0. The number of benzene rings is 1. The van der Waals surface area contributed by atoms with Gasteiger partial charge in [-0.2, -0.15) is 0 Å². The molecule has 4 rings (SSSR count). The second kappa shape index (κ2) is 8.70. The third-order valence-electron chi connectivity index (χ3n) is 6.28. The molecule has 0 aliphatic rings. The fourth-order valence-electron chi connectivity index (χ4n) is 4.72. The lowest BCUT2D eigenvalue weighted by Crippen LogP contribution is -2.07. The van der Waals surface area contributed by atoms with Crippen molar-refractivity contribution in [3.05, 3.63) is 70.0 Å². The monoisotopic (exact) mass is 430 g/mol. The van der Waals surface area contributed by atoms with Gasteiger partial charge in [-0.3, -0.25) is 9.97 Å². The molecule has 0 bridgehead atoms. The van der Waals surface area contributed by atoms with Crippen molar-refractivity contribution in [1.82, 2.24) is 9.97 Å². The van der Waals surface area contributed by atoms with Crippen LogP contribution < -0.4 is 0 Å². The molecular weight excluding hydrogens is 396 g/mol. The third kappa shape index (κ3) is 4.25. The molecule has 162 valence electrons. The first-order valence-electron chi connectivity index (χ1n) is 11.6. The SMILES string of the molecule is CC(C)c1cc2sccc2nc1C(C)Cc1ccc2cnc(C(C)C)c(C(C)C)c2c1. The molecule has 3 heterocycles. The lowest BCUT2D eigenvalue weighted by molar-refractivity contribution is 0.704. The van der Waals surface area contributed by atoms with Gasteiger partial charge in [0.05, 0.1) is 10.2 Å². The lowest BCUT2D eigenvalue weighted by Gasteiger charge is -2.20. The minimum absolute atomic E-state index is 0.369. The Labute approximate surface area is 190 Å². The second-order valence-electron chi connectivity index (χ2n) is 9.81. The van der Waals surface area contributed by atoms with Crippen LogP contribution in [0.25, 0.3) is 21.0 Å². The quantitative estimate of drug-likeness (QED) is 0.306. The third-order valence-corrected chi connectivity index (χ3v) is 7.13. The number of thiophene rings is 1. The maximum atomic E-state index is 5.10. The predicted octanol–water partition coefficient (Wildman–Crippen LogP) is 8.56. The highest BCUT2D eigenvalue weighted by Crippen LogP contribution is 2.35. The van der Waals surface area contributed by atoms with Gasteiger partial charge in [-0.1, -0.05) is 66.7 Å². The fraction of sp³-hybridized carbons (Fsp3) is 0.429. The summed E-state index contributed by atoms with van der Waals surface area (Å²) >= 11 is 1.78. The molecule has 3 heteroatoms. The van der Waals surface area contributed by atoms with Crippen molar-refractivity contribution in [3.63, 3.8) is 0 Å². The van der Waals surface area contributed by atoms with E-state index in [0.29, 0.717) is 23.7 Å². The molecule has 2 nitrogen and oxygen atoms in total. The first-order valence-corrected chi connectivity index (χ1v) is 12.4. The molecule has 0 aliphatic carbocycles. The molecule has 31 heavy (non-hydrogen) atoms. The van der Waals surface area contributed by atoms with Gasteiger partial charge in [0.2, 0.25) is 0 Å². The second-order valence-corrected chi connectivity index (χ2v) is 10.8. The minimum atomic E-state index is 0.369. The van der Waals surface area contributed by atoms with Crippen LogP contribution in [0.4, 0.5) is 0 Å². The smallest absolute Gasteiger partial charge is 0.0813 e. The molecule has 3 aromatic heterocycles. The van der Waals surface area contributed by atoms with Gasteiger partial charge in [-0.25, -0.2) is 0 Å². The average molecular weight is 431 g/mol. The first-order chi connectivity index (χ1) is 14.8. The zero-order valence-corrected chi connectivity index (χ0v) is 20.7. The number of hydrogen-bond acceptors (Lipinski definition) is 3. The molecular formula is C28H34N2S. The summed E-state index contributed by atoms with van der Waals surface area (Å²) in [6, 6.07) is 11.4. The maximum Gasteiger partial charge on any atom is 0.0813 e. The van der Waals surface area contributed by atoms with Crippen LogP contribution in [0.15, 0.2) is 41.9 Å². The van der Waals surface area contributed by atoms with E-state index in [1.165, 1.54) is 43.6 Å². The first kappa shape index (κ1) is 22.0. The van der Waals surface area contributed by atoms with Crippen LogP contribution >= 0.6 is 11.3 Å². The molecule has 0 spiro atoms. The molecule has 1 aromatic carbocycles. The predicted molar refractivity (Wildman–Crippen MR) is 136 cm³/mol. The zero-order chi connectivity index (χ0) is 22.3.